The van der Waals surface area contributed by atoms with Crippen LogP contribution in [-0.2, 0) is 4.79 Å². The number of methoxy groups -OCH3 is 1. The lowest BCUT2D eigenvalue weighted by Gasteiger charge is -2.31. The van der Waals surface area contributed by atoms with Crippen LogP contribution >= 0.6 is 0 Å². The van der Waals surface area contributed by atoms with Crippen LogP contribution in [0.4, 0.5) is 5.69 Å². The number of ether oxygens (including phenoxy) is 1. The van der Waals surface area contributed by atoms with Crippen molar-refractivity contribution < 1.29 is 14.3 Å². The number of nitrogens with one attached hydrogen (secondary N) is 1. The van der Waals surface area contributed by atoms with Crippen LogP contribution in [0.25, 0.3) is 11.5 Å². The number of carbonyl (C=O) groups is 2. The van der Waals surface area contributed by atoms with Crippen LogP contribution in [0.15, 0.2) is 85.3 Å². The molecule has 1 saturated heterocycles. The Morgan fingerprint density at radius 1 is 0.971 bits per heavy atom. The fourth-order valence-corrected chi connectivity index (χ4v) is 4.44. The minimum atomic E-state index is -0.152. The average molecular weight is 470 g/mol. The number of aromatic nitrogens is 3. The van der Waals surface area contributed by atoms with Gasteiger partial charge in [-0.05, 0) is 49.2 Å². The summed E-state index contributed by atoms with van der Waals surface area (Å²) in [6.45, 7) is 1.02. The molecule has 0 bridgehead atoms. The van der Waals surface area contributed by atoms with Crippen molar-refractivity contribution >= 4 is 17.5 Å². The highest BCUT2D eigenvalue weighted by Crippen LogP contribution is 2.25. The summed E-state index contributed by atoms with van der Waals surface area (Å²) in [5, 5.41) is 7.51. The van der Waals surface area contributed by atoms with Crippen molar-refractivity contribution in [1.82, 2.24) is 19.2 Å². The van der Waals surface area contributed by atoms with Crippen molar-refractivity contribution in [3.8, 4) is 17.3 Å². The molecule has 0 aliphatic carbocycles. The topological polar surface area (TPSA) is 81.4 Å². The van der Waals surface area contributed by atoms with Crippen LogP contribution in [0.2, 0.25) is 0 Å². The Bertz CT molecular complexity index is 1310. The molecular formula is C27H27N5O3. The van der Waals surface area contributed by atoms with E-state index < -0.39 is 0 Å². The molecule has 0 saturated carbocycles. The maximum atomic E-state index is 13.5. The number of para-hydroxylation sites is 1. The lowest BCUT2D eigenvalue weighted by molar-refractivity contribution is -0.121. The number of nitrogens with zero attached hydrogens (tertiary/aromatic N) is 4. The van der Waals surface area contributed by atoms with Gasteiger partial charge in [0.1, 0.15) is 11.3 Å². The molecule has 0 atom stereocenters. The Hall–Kier alpha value is -4.33. The molecule has 5 rings (SSSR count). The second-order valence-electron chi connectivity index (χ2n) is 8.51. The van der Waals surface area contributed by atoms with E-state index in [-0.39, 0.29) is 17.7 Å². The van der Waals surface area contributed by atoms with Gasteiger partial charge in [0, 0.05) is 43.2 Å². The first-order chi connectivity index (χ1) is 17.1. The zero-order valence-electron chi connectivity index (χ0n) is 19.5. The molecule has 0 unspecified atom stereocenters. The van der Waals surface area contributed by atoms with Crippen LogP contribution in [0.3, 0.4) is 0 Å². The number of hydrogen-bond acceptors (Lipinski definition) is 4. The second kappa shape index (κ2) is 9.89. The standard InChI is InChI=1S/C27H27N5O3/c1-35-23-11-7-8-21(18-23)29-25(33)20-12-16-31(17-13-20)27(34)24-19-28-32(22-9-3-2-4-10-22)26(24)30-14-5-6-15-30/h2-11,14-15,18-20H,12-13,16-17H2,1H3,(H,29,33). The van der Waals surface area contributed by atoms with Crippen molar-refractivity contribution in [3.05, 3.63) is 90.9 Å². The third kappa shape index (κ3) is 4.68. The minimum Gasteiger partial charge on any atom is -0.497 e. The first-order valence-electron chi connectivity index (χ1n) is 11.6. The molecule has 178 valence electrons. The summed E-state index contributed by atoms with van der Waals surface area (Å²) >= 11 is 0. The van der Waals surface area contributed by atoms with Gasteiger partial charge in [0.05, 0.1) is 19.0 Å². The van der Waals surface area contributed by atoms with Gasteiger partial charge in [-0.2, -0.15) is 5.10 Å². The van der Waals surface area contributed by atoms with E-state index in [1.165, 1.54) is 0 Å². The van der Waals surface area contributed by atoms with Crippen molar-refractivity contribution in [1.29, 1.82) is 0 Å². The van der Waals surface area contributed by atoms with Gasteiger partial charge in [-0.25, -0.2) is 4.68 Å². The molecule has 8 heteroatoms. The molecule has 1 aliphatic heterocycles. The van der Waals surface area contributed by atoms with E-state index in [1.54, 1.807) is 24.1 Å². The van der Waals surface area contributed by atoms with Gasteiger partial charge < -0.3 is 19.5 Å². The molecule has 2 aromatic carbocycles. The van der Waals surface area contributed by atoms with E-state index in [0.29, 0.717) is 48.7 Å². The smallest absolute Gasteiger partial charge is 0.259 e. The summed E-state index contributed by atoms with van der Waals surface area (Å²) in [4.78, 5) is 28.2. The molecule has 0 radical (unpaired) electrons. The van der Waals surface area contributed by atoms with E-state index in [2.05, 4.69) is 10.4 Å². The monoisotopic (exact) mass is 469 g/mol. The number of carbonyl (C=O) groups excluding carboxylic acids is 2. The maximum absolute atomic E-state index is 13.5. The van der Waals surface area contributed by atoms with Gasteiger partial charge in [0.25, 0.3) is 5.91 Å². The summed E-state index contributed by atoms with van der Waals surface area (Å²) in [6, 6.07) is 20.9. The van der Waals surface area contributed by atoms with Crippen molar-refractivity contribution in [2.75, 3.05) is 25.5 Å². The first-order valence-corrected chi connectivity index (χ1v) is 11.6. The first kappa shape index (κ1) is 22.5. The second-order valence-corrected chi connectivity index (χ2v) is 8.51. The predicted octanol–water partition coefficient (Wildman–Crippen LogP) is 4.16. The molecule has 1 fully saturated rings. The summed E-state index contributed by atoms with van der Waals surface area (Å²) in [5.41, 5.74) is 2.12. The van der Waals surface area contributed by atoms with Gasteiger partial charge in [-0.3, -0.25) is 9.59 Å². The Morgan fingerprint density at radius 2 is 1.71 bits per heavy atom. The Balaban J connectivity index is 1.30. The van der Waals surface area contributed by atoms with Crippen molar-refractivity contribution in [2.45, 2.75) is 12.8 Å². The summed E-state index contributed by atoms with van der Waals surface area (Å²) in [5.74, 6) is 1.13. The summed E-state index contributed by atoms with van der Waals surface area (Å²) < 4.78 is 8.91. The minimum absolute atomic E-state index is 0.0321. The Labute approximate surface area is 203 Å². The number of rotatable bonds is 6. The molecule has 1 N–H and O–H groups in total. The summed E-state index contributed by atoms with van der Waals surface area (Å²) in [7, 11) is 1.60. The molecule has 3 heterocycles. The largest absolute Gasteiger partial charge is 0.497 e. The number of benzene rings is 2. The average Bonchev–Trinajstić information content (AvgIpc) is 3.59. The third-order valence-electron chi connectivity index (χ3n) is 6.31. The van der Waals surface area contributed by atoms with Crippen LogP contribution in [0.1, 0.15) is 23.2 Å². The van der Waals surface area contributed by atoms with Crippen LogP contribution in [0.5, 0.6) is 5.75 Å². The third-order valence-corrected chi connectivity index (χ3v) is 6.31. The van der Waals surface area contributed by atoms with Gasteiger partial charge >= 0.3 is 0 Å². The SMILES string of the molecule is COc1cccc(NC(=O)C2CCN(C(=O)c3cnn(-c4ccccc4)c3-n3cccc3)CC2)c1. The molecule has 35 heavy (non-hydrogen) atoms. The molecule has 0 spiro atoms. The van der Waals surface area contributed by atoms with Crippen LogP contribution in [-0.4, -0.2) is 51.3 Å². The summed E-state index contributed by atoms with van der Waals surface area (Å²) in [6.07, 6.45) is 6.65. The zero-order valence-corrected chi connectivity index (χ0v) is 19.5. The highest BCUT2D eigenvalue weighted by atomic mass is 16.5. The number of piperidine rings is 1. The molecule has 4 aromatic rings. The van der Waals surface area contributed by atoms with E-state index in [9.17, 15) is 9.59 Å². The maximum Gasteiger partial charge on any atom is 0.259 e. The van der Waals surface area contributed by atoms with Gasteiger partial charge in [-0.1, -0.05) is 24.3 Å². The highest BCUT2D eigenvalue weighted by molar-refractivity contribution is 5.98. The Kier molecular flexibility index (Phi) is 6.34. The fraction of sp³-hybridized carbons (Fsp3) is 0.222. The van der Waals surface area contributed by atoms with E-state index in [4.69, 9.17) is 4.74 Å². The van der Waals surface area contributed by atoms with Gasteiger partial charge in [0.15, 0.2) is 5.82 Å². The zero-order chi connectivity index (χ0) is 24.2. The van der Waals surface area contributed by atoms with Gasteiger partial charge in [-0.15, -0.1) is 0 Å². The Morgan fingerprint density at radius 3 is 2.43 bits per heavy atom. The van der Waals surface area contributed by atoms with Crippen LogP contribution in [0, 0.1) is 5.92 Å². The molecule has 2 aromatic heterocycles. The molecule has 1 aliphatic rings. The molecular weight excluding hydrogens is 442 g/mol. The highest BCUT2D eigenvalue weighted by Gasteiger charge is 2.30. The quantitative estimate of drug-likeness (QED) is 0.460. The molecule has 2 amide bonds. The van der Waals surface area contributed by atoms with Crippen LogP contribution < -0.4 is 10.1 Å². The lowest BCUT2D eigenvalue weighted by atomic mass is 9.95. The molecule has 8 nitrogen and oxygen atoms in total. The van der Waals surface area contributed by atoms with Crippen molar-refractivity contribution in [3.63, 3.8) is 0 Å². The van der Waals surface area contributed by atoms with Gasteiger partial charge in [0.2, 0.25) is 5.91 Å². The number of anilines is 1. The number of likely N-dealkylation sites (tertiary alicyclic amines) is 1. The number of hydrogen-bond donors (Lipinski definition) is 1. The normalized spacial score (nSPS) is 14.0. The van der Waals surface area contributed by atoms with Crippen molar-refractivity contribution in [2.24, 2.45) is 5.92 Å². The fourth-order valence-electron chi connectivity index (χ4n) is 4.44. The van der Waals surface area contributed by atoms with E-state index in [0.717, 1.165) is 5.69 Å². The van der Waals surface area contributed by atoms with E-state index in [1.807, 2.05) is 82.5 Å². The lowest BCUT2D eigenvalue weighted by Crippen LogP contribution is -2.41. The predicted molar refractivity (Wildman–Crippen MR) is 133 cm³/mol. The van der Waals surface area contributed by atoms with E-state index >= 15 is 0 Å². The number of amides is 2.